The number of rotatable bonds is 0. The lowest BCUT2D eigenvalue weighted by Crippen LogP contribution is -1.66. The molecule has 0 rings (SSSR count). The van der Waals surface area contributed by atoms with Gasteiger partial charge in [0.2, 0.25) is 0 Å². The van der Waals surface area contributed by atoms with E-state index >= 15 is 0 Å². The van der Waals surface area contributed by atoms with Crippen LogP contribution >= 0.6 is 23.8 Å². The predicted octanol–water partition coefficient (Wildman–Crippen LogP) is 0.0825. The van der Waals surface area contributed by atoms with Gasteiger partial charge in [-0.2, -0.15) is 0 Å². The number of hydrogen-bond donors (Lipinski definition) is 3. The first-order chi connectivity index (χ1) is 3.00. The van der Waals surface area contributed by atoms with Crippen molar-refractivity contribution < 1.29 is 19.2 Å². The summed E-state index contributed by atoms with van der Waals surface area (Å²) in [6.07, 6.45) is 0. The third-order valence-corrected chi connectivity index (χ3v) is 0. The summed E-state index contributed by atoms with van der Waals surface area (Å²) in [5.41, 5.74) is 0. The average Bonchev–Trinajstić information content (AvgIpc) is 1.36. The zero-order chi connectivity index (χ0) is 6.50. The molecule has 0 saturated heterocycles. The van der Waals surface area contributed by atoms with Gasteiger partial charge in [-0.25, -0.2) is 4.57 Å². The number of phosphoric acid groups is 1. The summed E-state index contributed by atoms with van der Waals surface area (Å²) in [6, 6.07) is 0. The Kier molecular flexibility index (Phi) is 7.15. The molecule has 0 heterocycles. The van der Waals surface area contributed by atoms with Gasteiger partial charge in [0.05, 0.1) is 0 Å². The molecule has 4 nitrogen and oxygen atoms in total. The van der Waals surface area contributed by atoms with Crippen LogP contribution in [0.2, 0.25) is 0 Å². The monoisotopic (exact) mass is 192 g/mol. The molecule has 46 valence electrons. The molecule has 7 heavy (non-hydrogen) atoms. The molecule has 0 radical (unpaired) electrons. The maximum Gasteiger partial charge on any atom is 0.466 e. The summed E-state index contributed by atoms with van der Waals surface area (Å²) in [5, 5.41) is 0. The molecule has 0 spiro atoms. The first kappa shape index (κ1) is 10.5. The Morgan fingerprint density at radius 3 is 1.29 bits per heavy atom. The van der Waals surface area contributed by atoms with Crippen molar-refractivity contribution in [1.82, 2.24) is 0 Å². The van der Waals surface area contributed by atoms with Crippen LogP contribution in [0.4, 0.5) is 0 Å². The predicted molar refractivity (Wildman–Crippen MR) is 29.1 cm³/mol. The van der Waals surface area contributed by atoms with Gasteiger partial charge in [-0.1, -0.05) is 15.9 Å². The zero-order valence-corrected chi connectivity index (χ0v) is 6.06. The fourth-order valence-corrected chi connectivity index (χ4v) is 0. The van der Waals surface area contributed by atoms with Crippen LogP contribution in [0.25, 0.3) is 0 Å². The zero-order valence-electron chi connectivity index (χ0n) is 3.58. The quantitative estimate of drug-likeness (QED) is 0.376. The van der Waals surface area contributed by atoms with E-state index < -0.39 is 7.82 Å². The van der Waals surface area contributed by atoms with E-state index in [4.69, 9.17) is 19.2 Å². The molecule has 0 aromatic heterocycles. The van der Waals surface area contributed by atoms with E-state index in [2.05, 4.69) is 15.9 Å². The largest absolute Gasteiger partial charge is 0.466 e. The standard InChI is InChI=1S/CH3Br.H3O4P/c1-2;1-5(2,3)4/h1H3;(H3,1,2,3,4). The van der Waals surface area contributed by atoms with Crippen LogP contribution < -0.4 is 0 Å². The highest BCUT2D eigenvalue weighted by Gasteiger charge is 2.00. The molecule has 6 heteroatoms. The van der Waals surface area contributed by atoms with E-state index in [1.165, 1.54) is 0 Å². The van der Waals surface area contributed by atoms with E-state index in [0.717, 1.165) is 0 Å². The topological polar surface area (TPSA) is 77.8 Å². The third-order valence-electron chi connectivity index (χ3n) is 0. The molecule has 0 bridgehead atoms. The molecule has 0 fully saturated rings. The van der Waals surface area contributed by atoms with Crippen LogP contribution in [0.15, 0.2) is 0 Å². The van der Waals surface area contributed by atoms with Crippen LogP contribution in [0.5, 0.6) is 0 Å². The molecule has 3 N–H and O–H groups in total. The smallest absolute Gasteiger partial charge is 0.303 e. The lowest BCUT2D eigenvalue weighted by atomic mass is 12.0. The highest BCUT2D eigenvalue weighted by atomic mass is 79.9. The molecular formula is CH6BrO4P. The molecule has 0 aromatic carbocycles. The fraction of sp³-hybridized carbons (Fsp3) is 1.00. The Hall–Kier alpha value is 0.590. The minimum Gasteiger partial charge on any atom is -0.303 e. The van der Waals surface area contributed by atoms with Crippen molar-refractivity contribution in [3.8, 4) is 0 Å². The summed E-state index contributed by atoms with van der Waals surface area (Å²) in [4.78, 5) is 21.6. The molecule has 0 aliphatic heterocycles. The molecule has 0 aliphatic rings. The van der Waals surface area contributed by atoms with Gasteiger partial charge < -0.3 is 14.7 Å². The molecule has 0 aliphatic carbocycles. The highest BCUT2D eigenvalue weighted by molar-refractivity contribution is 9.08. The molecular weight excluding hydrogens is 187 g/mol. The van der Waals surface area contributed by atoms with Crippen LogP contribution in [0, 0.1) is 0 Å². The van der Waals surface area contributed by atoms with E-state index in [1.807, 2.05) is 5.83 Å². The van der Waals surface area contributed by atoms with Crippen molar-refractivity contribution in [2.75, 3.05) is 5.83 Å². The van der Waals surface area contributed by atoms with Crippen molar-refractivity contribution >= 4 is 23.8 Å². The van der Waals surface area contributed by atoms with Gasteiger partial charge >= 0.3 is 7.82 Å². The van der Waals surface area contributed by atoms with E-state index in [0.29, 0.717) is 0 Å². The molecule has 0 aromatic rings. The van der Waals surface area contributed by atoms with Crippen LogP contribution in [0.1, 0.15) is 0 Å². The Balaban J connectivity index is 0. The number of halogens is 1. The summed E-state index contributed by atoms with van der Waals surface area (Å²) in [6.45, 7) is 0. The van der Waals surface area contributed by atoms with Gasteiger partial charge in [0.1, 0.15) is 0 Å². The summed E-state index contributed by atoms with van der Waals surface area (Å²) in [7, 11) is -4.64. The van der Waals surface area contributed by atoms with Gasteiger partial charge in [-0.3, -0.25) is 0 Å². The number of alkyl halides is 1. The van der Waals surface area contributed by atoms with E-state index in [1.54, 1.807) is 0 Å². The highest BCUT2D eigenvalue weighted by Crippen LogP contribution is 2.25. The van der Waals surface area contributed by atoms with Crippen molar-refractivity contribution in [2.45, 2.75) is 0 Å². The second-order valence-corrected chi connectivity index (χ2v) is 1.54. The third kappa shape index (κ3) is 399. The second-order valence-electron chi connectivity index (χ2n) is 0.513. The van der Waals surface area contributed by atoms with Gasteiger partial charge in [-0.15, -0.1) is 0 Å². The summed E-state index contributed by atoms with van der Waals surface area (Å²) >= 11 is 2.94. The molecule has 0 saturated carbocycles. The van der Waals surface area contributed by atoms with Crippen molar-refractivity contribution in [3.63, 3.8) is 0 Å². The normalized spacial score (nSPS) is 9.29. The Morgan fingerprint density at radius 2 is 1.29 bits per heavy atom. The van der Waals surface area contributed by atoms with Crippen LogP contribution in [0.3, 0.4) is 0 Å². The minimum absolute atomic E-state index is 1.81. The van der Waals surface area contributed by atoms with Crippen molar-refractivity contribution in [2.24, 2.45) is 0 Å². The average molecular weight is 193 g/mol. The van der Waals surface area contributed by atoms with Crippen LogP contribution in [-0.2, 0) is 4.57 Å². The minimum atomic E-state index is -4.64. The van der Waals surface area contributed by atoms with E-state index in [-0.39, 0.29) is 0 Å². The number of hydrogen-bond acceptors (Lipinski definition) is 1. The van der Waals surface area contributed by atoms with Crippen LogP contribution in [-0.4, -0.2) is 20.5 Å². The Labute approximate surface area is 49.5 Å². The first-order valence-electron chi connectivity index (χ1n) is 1.16. The molecule has 0 amide bonds. The molecule has 0 unspecified atom stereocenters. The lowest BCUT2D eigenvalue weighted by Gasteiger charge is -1.82. The van der Waals surface area contributed by atoms with Gasteiger partial charge in [0.15, 0.2) is 0 Å². The Morgan fingerprint density at radius 1 is 1.29 bits per heavy atom. The lowest BCUT2D eigenvalue weighted by molar-refractivity contribution is 0.275. The fourth-order valence-electron chi connectivity index (χ4n) is 0. The first-order valence-corrected chi connectivity index (χ1v) is 4.31. The maximum atomic E-state index is 8.88. The van der Waals surface area contributed by atoms with Gasteiger partial charge in [-0.05, 0) is 5.83 Å². The second kappa shape index (κ2) is 4.74. The maximum absolute atomic E-state index is 8.88. The molecule has 0 atom stereocenters. The summed E-state index contributed by atoms with van der Waals surface area (Å²) in [5.74, 6) is 1.81. The van der Waals surface area contributed by atoms with Crippen molar-refractivity contribution in [3.05, 3.63) is 0 Å². The Bertz CT molecular complexity index is 57.8. The van der Waals surface area contributed by atoms with Gasteiger partial charge in [0.25, 0.3) is 0 Å². The van der Waals surface area contributed by atoms with Crippen molar-refractivity contribution in [1.29, 1.82) is 0 Å². The van der Waals surface area contributed by atoms with E-state index in [9.17, 15) is 0 Å². The SMILES string of the molecule is CBr.O=P(O)(O)O. The summed E-state index contributed by atoms with van der Waals surface area (Å²) < 4.78 is 8.88. The van der Waals surface area contributed by atoms with Gasteiger partial charge in [0, 0.05) is 0 Å².